The van der Waals surface area contributed by atoms with Crippen molar-refractivity contribution in [2.45, 2.75) is 33.6 Å². The number of benzene rings is 1. The third-order valence-corrected chi connectivity index (χ3v) is 3.30. The Bertz CT molecular complexity index is 399. The van der Waals surface area contributed by atoms with Crippen LogP contribution < -0.4 is 10.2 Å². The van der Waals surface area contributed by atoms with Crippen LogP contribution in [0.3, 0.4) is 0 Å². The molecule has 3 heteroatoms. The molecule has 2 N–H and O–H groups in total. The highest BCUT2D eigenvalue weighted by Crippen LogP contribution is 2.23. The van der Waals surface area contributed by atoms with Crippen LogP contribution in [0.15, 0.2) is 18.2 Å². The van der Waals surface area contributed by atoms with Crippen molar-refractivity contribution in [2.75, 3.05) is 30.4 Å². The molecule has 0 bridgehead atoms. The van der Waals surface area contributed by atoms with E-state index in [4.69, 9.17) is 5.41 Å². The number of nitrogens with one attached hydrogen (secondary N) is 2. The summed E-state index contributed by atoms with van der Waals surface area (Å²) in [5, 5.41) is 10.6. The molecule has 0 aromatic heterocycles. The number of hydrogen-bond acceptors (Lipinski definition) is 3. The van der Waals surface area contributed by atoms with Gasteiger partial charge >= 0.3 is 0 Å². The lowest BCUT2D eigenvalue weighted by atomic mass is 10.1. The lowest BCUT2D eigenvalue weighted by Crippen LogP contribution is -2.26. The van der Waals surface area contributed by atoms with Gasteiger partial charge in [0, 0.05) is 43.3 Å². The molecular formula is C16H27N3. The van der Waals surface area contributed by atoms with Crippen LogP contribution in [-0.2, 0) is 0 Å². The molecule has 0 aliphatic carbocycles. The van der Waals surface area contributed by atoms with E-state index in [1.165, 1.54) is 18.3 Å². The summed E-state index contributed by atoms with van der Waals surface area (Å²) in [4.78, 5) is 2.42. The second kappa shape index (κ2) is 7.82. The van der Waals surface area contributed by atoms with Crippen molar-refractivity contribution in [1.29, 1.82) is 5.41 Å². The van der Waals surface area contributed by atoms with Crippen LogP contribution >= 0.6 is 0 Å². The van der Waals surface area contributed by atoms with E-state index in [9.17, 15) is 0 Å². The predicted molar refractivity (Wildman–Crippen MR) is 85.8 cm³/mol. The van der Waals surface area contributed by atoms with Gasteiger partial charge in [0.15, 0.2) is 0 Å². The summed E-state index contributed by atoms with van der Waals surface area (Å²) < 4.78 is 0. The fourth-order valence-electron chi connectivity index (χ4n) is 2.15. The molecule has 1 rings (SSSR count). The van der Waals surface area contributed by atoms with Gasteiger partial charge in [-0.3, -0.25) is 0 Å². The minimum Gasteiger partial charge on any atom is -0.388 e. The first-order valence-corrected chi connectivity index (χ1v) is 7.19. The maximum absolute atomic E-state index is 7.51. The van der Waals surface area contributed by atoms with E-state index in [0.717, 1.165) is 36.7 Å². The van der Waals surface area contributed by atoms with E-state index in [0.29, 0.717) is 0 Å². The Morgan fingerprint density at radius 2 is 2.05 bits per heavy atom. The molecule has 0 saturated heterocycles. The highest BCUT2D eigenvalue weighted by Gasteiger charge is 2.08. The predicted octanol–water partition coefficient (Wildman–Crippen LogP) is 3.99. The normalized spacial score (nSPS) is 10.6. The zero-order valence-electron chi connectivity index (χ0n) is 12.7. The Kier molecular flexibility index (Phi) is 6.40. The van der Waals surface area contributed by atoms with Gasteiger partial charge in [-0.25, -0.2) is 0 Å². The molecule has 0 aliphatic heterocycles. The zero-order chi connectivity index (χ0) is 14.3. The van der Waals surface area contributed by atoms with Crippen LogP contribution in [0.4, 0.5) is 11.4 Å². The van der Waals surface area contributed by atoms with Gasteiger partial charge in [0.05, 0.1) is 0 Å². The molecule has 0 saturated carbocycles. The molecule has 1 aromatic rings. The monoisotopic (exact) mass is 261 g/mol. The third-order valence-electron chi connectivity index (χ3n) is 3.30. The second-order valence-corrected chi connectivity index (χ2v) is 5.34. The topological polar surface area (TPSA) is 39.1 Å². The Balaban J connectivity index is 2.91. The molecular weight excluding hydrogens is 234 g/mol. The first-order valence-electron chi connectivity index (χ1n) is 7.19. The molecule has 0 radical (unpaired) electrons. The summed E-state index contributed by atoms with van der Waals surface area (Å²) in [6.45, 7) is 8.89. The largest absolute Gasteiger partial charge is 0.388 e. The standard InChI is InChI=1S/C16H27N3/c1-5-9-19(10-8-13(2)3)15-6-7-16(18-4)14(11-15)12-17/h6-7,11-13,17-18H,5,8-10H2,1-4H3. The minimum absolute atomic E-state index is 0.721. The Morgan fingerprint density at radius 1 is 1.32 bits per heavy atom. The van der Waals surface area contributed by atoms with E-state index in [1.807, 2.05) is 7.05 Å². The van der Waals surface area contributed by atoms with Gasteiger partial charge in [0.2, 0.25) is 0 Å². The fourth-order valence-corrected chi connectivity index (χ4v) is 2.15. The highest BCUT2D eigenvalue weighted by atomic mass is 15.1. The average molecular weight is 261 g/mol. The molecule has 0 heterocycles. The van der Waals surface area contributed by atoms with Gasteiger partial charge in [-0.05, 0) is 37.0 Å². The van der Waals surface area contributed by atoms with Crippen LogP contribution in [0, 0.1) is 11.3 Å². The number of nitrogens with zero attached hydrogens (tertiary/aromatic N) is 1. The molecule has 0 unspecified atom stereocenters. The lowest BCUT2D eigenvalue weighted by Gasteiger charge is -2.26. The quantitative estimate of drug-likeness (QED) is 0.695. The summed E-state index contributed by atoms with van der Waals surface area (Å²) in [6, 6.07) is 6.32. The summed E-state index contributed by atoms with van der Waals surface area (Å²) in [5.41, 5.74) is 3.18. The Hall–Kier alpha value is -1.51. The number of rotatable bonds is 8. The molecule has 3 nitrogen and oxygen atoms in total. The van der Waals surface area contributed by atoms with Crippen molar-refractivity contribution in [3.05, 3.63) is 23.8 Å². The summed E-state index contributed by atoms with van der Waals surface area (Å²) >= 11 is 0. The fraction of sp³-hybridized carbons (Fsp3) is 0.562. The van der Waals surface area contributed by atoms with Crippen molar-refractivity contribution in [3.8, 4) is 0 Å². The first-order chi connectivity index (χ1) is 9.12. The molecule has 19 heavy (non-hydrogen) atoms. The molecule has 0 spiro atoms. The molecule has 0 atom stereocenters. The number of hydrogen-bond donors (Lipinski definition) is 2. The van der Waals surface area contributed by atoms with E-state index >= 15 is 0 Å². The van der Waals surface area contributed by atoms with Gasteiger partial charge in [-0.2, -0.15) is 0 Å². The minimum atomic E-state index is 0.721. The maximum Gasteiger partial charge on any atom is 0.0428 e. The Morgan fingerprint density at radius 3 is 2.58 bits per heavy atom. The van der Waals surface area contributed by atoms with Gasteiger partial charge in [0.1, 0.15) is 0 Å². The lowest BCUT2D eigenvalue weighted by molar-refractivity contribution is 0.570. The van der Waals surface area contributed by atoms with Gasteiger partial charge in [0.25, 0.3) is 0 Å². The van der Waals surface area contributed by atoms with Crippen molar-refractivity contribution in [1.82, 2.24) is 0 Å². The second-order valence-electron chi connectivity index (χ2n) is 5.34. The van der Waals surface area contributed by atoms with E-state index in [1.54, 1.807) is 0 Å². The van der Waals surface area contributed by atoms with E-state index in [-0.39, 0.29) is 0 Å². The molecule has 106 valence electrons. The highest BCUT2D eigenvalue weighted by molar-refractivity contribution is 5.87. The SMILES string of the molecule is CCCN(CCC(C)C)c1ccc(NC)c(C=N)c1. The van der Waals surface area contributed by atoms with Crippen molar-refractivity contribution < 1.29 is 0 Å². The molecule has 0 amide bonds. The van der Waals surface area contributed by atoms with Crippen molar-refractivity contribution in [2.24, 2.45) is 5.92 Å². The van der Waals surface area contributed by atoms with E-state index < -0.39 is 0 Å². The first kappa shape index (κ1) is 15.5. The van der Waals surface area contributed by atoms with E-state index in [2.05, 4.69) is 49.2 Å². The van der Waals surface area contributed by atoms with Crippen molar-refractivity contribution >= 4 is 17.6 Å². The van der Waals surface area contributed by atoms with Crippen LogP contribution in [-0.4, -0.2) is 26.4 Å². The molecule has 0 fully saturated rings. The summed E-state index contributed by atoms with van der Waals surface area (Å²) in [5.74, 6) is 0.721. The van der Waals surface area contributed by atoms with Crippen LogP contribution in [0.25, 0.3) is 0 Å². The van der Waals surface area contributed by atoms with Gasteiger partial charge in [-0.1, -0.05) is 20.8 Å². The van der Waals surface area contributed by atoms with Gasteiger partial charge < -0.3 is 15.6 Å². The zero-order valence-corrected chi connectivity index (χ0v) is 12.7. The van der Waals surface area contributed by atoms with Crippen molar-refractivity contribution in [3.63, 3.8) is 0 Å². The van der Waals surface area contributed by atoms with Crippen LogP contribution in [0.1, 0.15) is 39.2 Å². The maximum atomic E-state index is 7.51. The molecule has 1 aromatic carbocycles. The van der Waals surface area contributed by atoms with Crippen LogP contribution in [0.2, 0.25) is 0 Å². The smallest absolute Gasteiger partial charge is 0.0428 e. The number of anilines is 2. The van der Waals surface area contributed by atoms with Gasteiger partial charge in [-0.15, -0.1) is 0 Å². The average Bonchev–Trinajstić information content (AvgIpc) is 2.42. The summed E-state index contributed by atoms with van der Waals surface area (Å²) in [6.07, 6.45) is 3.77. The third kappa shape index (κ3) is 4.58. The molecule has 0 aliphatic rings. The van der Waals surface area contributed by atoms with Crippen LogP contribution in [0.5, 0.6) is 0 Å². The summed E-state index contributed by atoms with van der Waals surface area (Å²) in [7, 11) is 1.89. The Labute approximate surface area is 117 Å².